The summed E-state index contributed by atoms with van der Waals surface area (Å²) in [4.78, 5) is 15.8. The lowest BCUT2D eigenvalue weighted by molar-refractivity contribution is 0.659. The van der Waals surface area contributed by atoms with Crippen LogP contribution in [-0.4, -0.2) is 25.7 Å². The monoisotopic (exact) mass is 389 g/mol. The molecule has 2 aromatic heterocycles. The van der Waals surface area contributed by atoms with Gasteiger partial charge in [0.2, 0.25) is 4.77 Å². The first-order valence-electron chi connectivity index (χ1n) is 8.91. The maximum atomic E-state index is 12.7. The fourth-order valence-corrected chi connectivity index (χ4v) is 3.42. The Labute approximate surface area is 166 Å². The highest BCUT2D eigenvalue weighted by atomic mass is 32.1. The van der Waals surface area contributed by atoms with Crippen molar-refractivity contribution in [3.63, 3.8) is 0 Å². The number of nitrogens with one attached hydrogen (secondary N) is 1. The van der Waals surface area contributed by atoms with E-state index >= 15 is 0 Å². The summed E-state index contributed by atoms with van der Waals surface area (Å²) >= 11 is 5.31. The fraction of sp³-hybridized carbons (Fsp3) is 0.143. The molecule has 0 radical (unpaired) electrons. The van der Waals surface area contributed by atoms with Crippen LogP contribution < -0.4 is 5.56 Å². The highest BCUT2D eigenvalue weighted by Gasteiger charge is 2.11. The number of aromatic nitrogens is 4. The van der Waals surface area contributed by atoms with Crippen LogP contribution in [-0.2, 0) is 6.54 Å². The minimum Gasteiger partial charge on any atom is -0.330 e. The maximum Gasteiger partial charge on any atom is 0.282 e. The zero-order chi connectivity index (χ0) is 19.7. The van der Waals surface area contributed by atoms with Crippen LogP contribution in [0.5, 0.6) is 0 Å². The predicted molar refractivity (Wildman–Crippen MR) is 114 cm³/mol. The van der Waals surface area contributed by atoms with E-state index < -0.39 is 0 Å². The third-order valence-corrected chi connectivity index (χ3v) is 4.97. The van der Waals surface area contributed by atoms with Gasteiger partial charge in [0.05, 0.1) is 29.4 Å². The molecule has 2 aromatic carbocycles. The van der Waals surface area contributed by atoms with Gasteiger partial charge in [-0.15, -0.1) is 0 Å². The van der Waals surface area contributed by atoms with Gasteiger partial charge >= 0.3 is 0 Å². The molecule has 0 aliphatic rings. The van der Waals surface area contributed by atoms with Crippen molar-refractivity contribution in [3.05, 3.63) is 92.2 Å². The van der Waals surface area contributed by atoms with Crippen molar-refractivity contribution in [2.24, 2.45) is 5.10 Å². The first-order valence-corrected chi connectivity index (χ1v) is 9.32. The quantitative estimate of drug-likeness (QED) is 0.426. The van der Waals surface area contributed by atoms with Crippen molar-refractivity contribution in [2.75, 3.05) is 0 Å². The van der Waals surface area contributed by atoms with Gasteiger partial charge in [-0.1, -0.05) is 42.5 Å². The van der Waals surface area contributed by atoms with Gasteiger partial charge in [-0.25, -0.2) is 0 Å². The van der Waals surface area contributed by atoms with E-state index in [2.05, 4.69) is 27.3 Å². The van der Waals surface area contributed by atoms with Gasteiger partial charge in [0.15, 0.2) is 0 Å². The number of aryl methyl sites for hydroxylation is 1. The highest BCUT2D eigenvalue weighted by Crippen LogP contribution is 2.13. The second-order valence-corrected chi connectivity index (χ2v) is 6.95. The third-order valence-electron chi connectivity index (χ3n) is 4.70. The van der Waals surface area contributed by atoms with Crippen LogP contribution in [0.3, 0.4) is 0 Å². The van der Waals surface area contributed by atoms with Crippen molar-refractivity contribution in [2.45, 2.75) is 20.4 Å². The van der Waals surface area contributed by atoms with Crippen LogP contribution in [0.1, 0.15) is 22.5 Å². The Morgan fingerprint density at radius 3 is 2.61 bits per heavy atom. The van der Waals surface area contributed by atoms with Gasteiger partial charge in [-0.05, 0) is 43.8 Å². The molecule has 0 amide bonds. The summed E-state index contributed by atoms with van der Waals surface area (Å²) < 4.78 is 3.41. The number of fused-ring (bicyclic) bond motifs is 1. The number of para-hydroxylation sites is 1. The van der Waals surface area contributed by atoms with Crippen LogP contribution in [0.25, 0.3) is 10.9 Å². The van der Waals surface area contributed by atoms with Crippen molar-refractivity contribution < 1.29 is 0 Å². The molecule has 0 bridgehead atoms. The summed E-state index contributed by atoms with van der Waals surface area (Å²) in [5.41, 5.74) is 4.33. The molecule has 28 heavy (non-hydrogen) atoms. The van der Waals surface area contributed by atoms with E-state index in [0.29, 0.717) is 17.4 Å². The molecule has 0 saturated heterocycles. The molecule has 7 heteroatoms. The first kappa shape index (κ1) is 18.1. The molecule has 140 valence electrons. The zero-order valence-corrected chi connectivity index (χ0v) is 16.4. The Kier molecular flexibility index (Phi) is 4.75. The van der Waals surface area contributed by atoms with Gasteiger partial charge in [-0.2, -0.15) is 14.9 Å². The molecular formula is C21H19N5OS. The smallest absolute Gasteiger partial charge is 0.282 e. The van der Waals surface area contributed by atoms with E-state index in [0.717, 1.165) is 17.0 Å². The number of hydrogen-bond acceptors (Lipinski definition) is 4. The largest absolute Gasteiger partial charge is 0.330 e. The van der Waals surface area contributed by atoms with Gasteiger partial charge in [0, 0.05) is 11.3 Å². The highest BCUT2D eigenvalue weighted by molar-refractivity contribution is 7.71. The molecule has 1 N–H and O–H groups in total. The fourth-order valence-electron chi connectivity index (χ4n) is 3.18. The SMILES string of the molecule is Cc1nn(Cc2ccccc2)c(C)c1C=Nn1c(=S)[nH]c2ccccc2c1=O. The second-order valence-electron chi connectivity index (χ2n) is 6.57. The summed E-state index contributed by atoms with van der Waals surface area (Å²) in [5.74, 6) is 0. The zero-order valence-electron chi connectivity index (χ0n) is 15.6. The van der Waals surface area contributed by atoms with Gasteiger partial charge in [0.25, 0.3) is 5.56 Å². The van der Waals surface area contributed by atoms with Crippen LogP contribution >= 0.6 is 12.2 Å². The Bertz CT molecular complexity index is 1300. The van der Waals surface area contributed by atoms with E-state index in [9.17, 15) is 4.79 Å². The number of nitrogens with zero attached hydrogens (tertiary/aromatic N) is 4. The van der Waals surface area contributed by atoms with Crippen molar-refractivity contribution in [1.29, 1.82) is 0 Å². The molecule has 6 nitrogen and oxygen atoms in total. The number of rotatable bonds is 4. The molecule has 0 aliphatic heterocycles. The first-order chi connectivity index (χ1) is 13.5. The van der Waals surface area contributed by atoms with Crippen LogP contribution in [0.2, 0.25) is 0 Å². The third kappa shape index (κ3) is 3.32. The van der Waals surface area contributed by atoms with Gasteiger partial charge in [0.1, 0.15) is 0 Å². The molecule has 2 heterocycles. The average molecular weight is 389 g/mol. The standard InChI is InChI=1S/C21H19N5OS/c1-14-18(15(2)25(24-14)13-16-8-4-3-5-9-16)12-22-26-20(27)17-10-6-7-11-19(17)23-21(26)28/h3-12H,13H2,1-2H3,(H,23,28). The predicted octanol–water partition coefficient (Wildman–Crippen LogP) is 3.80. The minimum atomic E-state index is -0.248. The topological polar surface area (TPSA) is 68.0 Å². The minimum absolute atomic E-state index is 0.248. The van der Waals surface area contributed by atoms with Crippen molar-refractivity contribution in [3.8, 4) is 0 Å². The molecule has 0 aliphatic carbocycles. The molecule has 0 fully saturated rings. The molecule has 0 atom stereocenters. The summed E-state index contributed by atoms with van der Waals surface area (Å²) in [6.07, 6.45) is 1.65. The number of aromatic amines is 1. The normalized spacial score (nSPS) is 11.5. The van der Waals surface area contributed by atoms with Crippen molar-refractivity contribution in [1.82, 2.24) is 19.4 Å². The van der Waals surface area contributed by atoms with Crippen LogP contribution in [0.15, 0.2) is 64.5 Å². The Morgan fingerprint density at radius 2 is 1.82 bits per heavy atom. The number of hydrogen-bond donors (Lipinski definition) is 1. The number of benzene rings is 2. The molecular weight excluding hydrogens is 370 g/mol. The molecule has 0 saturated carbocycles. The summed E-state index contributed by atoms with van der Waals surface area (Å²) in [6, 6.07) is 17.4. The van der Waals surface area contributed by atoms with E-state index in [4.69, 9.17) is 12.2 Å². The van der Waals surface area contributed by atoms with Gasteiger partial charge < -0.3 is 4.98 Å². The molecule has 4 aromatic rings. The molecule has 0 unspecified atom stereocenters. The average Bonchev–Trinajstić information content (AvgIpc) is 2.96. The van der Waals surface area contributed by atoms with Crippen LogP contribution in [0.4, 0.5) is 0 Å². The molecule has 0 spiro atoms. The second kappa shape index (κ2) is 7.36. The lowest BCUT2D eigenvalue weighted by Gasteiger charge is -2.05. The Hall–Kier alpha value is -3.32. The van der Waals surface area contributed by atoms with Crippen molar-refractivity contribution >= 4 is 29.3 Å². The number of H-pyrrole nitrogens is 1. The van der Waals surface area contributed by atoms with E-state index in [1.54, 1.807) is 12.3 Å². The Morgan fingerprint density at radius 1 is 1.11 bits per heavy atom. The Balaban J connectivity index is 1.72. The van der Waals surface area contributed by atoms with E-state index in [1.165, 1.54) is 10.2 Å². The van der Waals surface area contributed by atoms with Crippen LogP contribution in [0, 0.1) is 18.6 Å². The van der Waals surface area contributed by atoms with E-state index in [-0.39, 0.29) is 10.3 Å². The lowest BCUT2D eigenvalue weighted by atomic mass is 10.2. The van der Waals surface area contributed by atoms with Gasteiger partial charge in [-0.3, -0.25) is 9.48 Å². The summed E-state index contributed by atoms with van der Waals surface area (Å²) in [7, 11) is 0. The summed E-state index contributed by atoms with van der Waals surface area (Å²) in [5, 5.41) is 9.52. The summed E-state index contributed by atoms with van der Waals surface area (Å²) in [6.45, 7) is 4.60. The lowest BCUT2D eigenvalue weighted by Crippen LogP contribution is -2.18. The van der Waals surface area contributed by atoms with E-state index in [1.807, 2.05) is 54.9 Å². The maximum absolute atomic E-state index is 12.7. The molecule has 4 rings (SSSR count).